The molecule has 1 N–H and O–H groups in total. The molecule has 0 saturated heterocycles. The maximum absolute atomic E-state index is 12.2. The second kappa shape index (κ2) is 7.33. The van der Waals surface area contributed by atoms with E-state index >= 15 is 0 Å². The van der Waals surface area contributed by atoms with Crippen LogP contribution in [-0.4, -0.2) is 10.5 Å². The topological polar surface area (TPSA) is 64.2 Å². The van der Waals surface area contributed by atoms with E-state index < -0.39 is 5.76 Å². The number of nitrogens with one attached hydrogen (secondary N) is 1. The van der Waals surface area contributed by atoms with Crippen LogP contribution in [0.5, 0.6) is 0 Å². The van der Waals surface area contributed by atoms with Crippen molar-refractivity contribution < 1.29 is 9.21 Å². The first-order chi connectivity index (χ1) is 11.9. The van der Waals surface area contributed by atoms with Crippen molar-refractivity contribution in [3.63, 3.8) is 0 Å². The van der Waals surface area contributed by atoms with Crippen LogP contribution in [-0.2, 0) is 11.3 Å². The minimum atomic E-state index is -0.507. The Hall–Kier alpha value is -2.24. The maximum atomic E-state index is 12.2. The highest BCUT2D eigenvalue weighted by Gasteiger charge is 2.13. The third-order valence-electron chi connectivity index (χ3n) is 3.92. The molecule has 0 aliphatic heterocycles. The lowest BCUT2D eigenvalue weighted by Gasteiger charge is -2.14. The molecule has 1 aromatic heterocycles. The van der Waals surface area contributed by atoms with E-state index in [9.17, 15) is 9.59 Å². The zero-order chi connectivity index (χ0) is 18.0. The second-order valence-electron chi connectivity index (χ2n) is 5.73. The molecule has 0 spiro atoms. The Kier molecular flexibility index (Phi) is 5.16. The number of aromatic nitrogens is 1. The lowest BCUT2D eigenvalue weighted by Crippen LogP contribution is -2.28. The Balaban J connectivity index is 1.66. The number of benzene rings is 2. The van der Waals surface area contributed by atoms with Crippen LogP contribution in [0.4, 0.5) is 0 Å². The Morgan fingerprint density at radius 2 is 1.96 bits per heavy atom. The van der Waals surface area contributed by atoms with Crippen molar-refractivity contribution in [2.45, 2.75) is 25.9 Å². The molecule has 0 radical (unpaired) electrons. The van der Waals surface area contributed by atoms with E-state index in [1.54, 1.807) is 24.3 Å². The highest BCUT2D eigenvalue weighted by Crippen LogP contribution is 2.19. The van der Waals surface area contributed by atoms with Gasteiger partial charge in [0.1, 0.15) is 0 Å². The predicted octanol–water partition coefficient (Wildman–Crippen LogP) is 4.17. The van der Waals surface area contributed by atoms with E-state index in [0.717, 1.165) is 5.56 Å². The fourth-order valence-corrected chi connectivity index (χ4v) is 3.00. The molecule has 1 heterocycles. The smallest absolute Gasteiger partial charge is 0.408 e. The van der Waals surface area contributed by atoms with Gasteiger partial charge in [0.05, 0.1) is 11.6 Å². The molecule has 0 aliphatic rings. The fraction of sp³-hybridized carbons (Fsp3) is 0.222. The number of aryl methyl sites for hydroxylation is 1. The van der Waals surface area contributed by atoms with E-state index in [-0.39, 0.29) is 24.9 Å². The van der Waals surface area contributed by atoms with Crippen LogP contribution in [0.25, 0.3) is 11.1 Å². The summed E-state index contributed by atoms with van der Waals surface area (Å²) in [6.07, 6.45) is 0.155. The molecule has 0 saturated carbocycles. The van der Waals surface area contributed by atoms with Crippen LogP contribution < -0.4 is 11.1 Å². The summed E-state index contributed by atoms with van der Waals surface area (Å²) in [6.45, 7) is 2.10. The predicted molar refractivity (Wildman–Crippen MR) is 98.1 cm³/mol. The number of fused-ring (bicyclic) bond motifs is 1. The summed E-state index contributed by atoms with van der Waals surface area (Å²) >= 11 is 11.9. The molecule has 1 amide bonds. The van der Waals surface area contributed by atoms with Crippen LogP contribution in [0, 0.1) is 0 Å². The second-order valence-corrected chi connectivity index (χ2v) is 6.60. The van der Waals surface area contributed by atoms with E-state index in [4.69, 9.17) is 27.6 Å². The first-order valence-corrected chi connectivity index (χ1v) is 8.53. The third kappa shape index (κ3) is 4.06. The van der Waals surface area contributed by atoms with Crippen molar-refractivity contribution in [2.75, 3.05) is 0 Å². The highest BCUT2D eigenvalue weighted by atomic mass is 35.5. The van der Waals surface area contributed by atoms with Gasteiger partial charge in [-0.1, -0.05) is 35.3 Å². The quantitative estimate of drug-likeness (QED) is 0.724. The van der Waals surface area contributed by atoms with Crippen molar-refractivity contribution in [3.05, 3.63) is 68.6 Å². The summed E-state index contributed by atoms with van der Waals surface area (Å²) in [7, 11) is 0. The molecule has 0 bridgehead atoms. The summed E-state index contributed by atoms with van der Waals surface area (Å²) in [5, 5.41) is 4.00. The number of hydrogen-bond donors (Lipinski definition) is 1. The van der Waals surface area contributed by atoms with Crippen LogP contribution >= 0.6 is 23.2 Å². The summed E-state index contributed by atoms with van der Waals surface area (Å²) in [5.41, 5.74) is 1.94. The van der Waals surface area contributed by atoms with Gasteiger partial charge in [-0.15, -0.1) is 0 Å². The van der Waals surface area contributed by atoms with Gasteiger partial charge in [0, 0.05) is 29.1 Å². The number of rotatable bonds is 5. The van der Waals surface area contributed by atoms with Gasteiger partial charge in [-0.2, -0.15) is 0 Å². The molecule has 7 heteroatoms. The molecule has 1 atom stereocenters. The van der Waals surface area contributed by atoms with Gasteiger partial charge in [-0.05, 0) is 36.8 Å². The number of amides is 1. The molecule has 3 aromatic rings. The monoisotopic (exact) mass is 378 g/mol. The van der Waals surface area contributed by atoms with Gasteiger partial charge in [-0.3, -0.25) is 9.36 Å². The van der Waals surface area contributed by atoms with Crippen molar-refractivity contribution in [1.82, 2.24) is 9.88 Å². The molecule has 0 fully saturated rings. The van der Waals surface area contributed by atoms with Gasteiger partial charge >= 0.3 is 5.76 Å². The Bertz CT molecular complexity index is 978. The first-order valence-electron chi connectivity index (χ1n) is 7.78. The fourth-order valence-electron chi connectivity index (χ4n) is 2.64. The summed E-state index contributed by atoms with van der Waals surface area (Å²) in [5.74, 6) is -0.671. The molecule has 25 heavy (non-hydrogen) atoms. The van der Waals surface area contributed by atoms with E-state index in [2.05, 4.69) is 5.32 Å². The molecule has 0 aliphatic carbocycles. The lowest BCUT2D eigenvalue weighted by molar-refractivity contribution is -0.121. The largest absolute Gasteiger partial charge is 0.419 e. The van der Waals surface area contributed by atoms with Crippen LogP contribution in [0.2, 0.25) is 10.0 Å². The van der Waals surface area contributed by atoms with Crippen LogP contribution in [0.3, 0.4) is 0 Å². The van der Waals surface area contributed by atoms with Gasteiger partial charge in [0.15, 0.2) is 5.58 Å². The number of carbonyl (C=O) groups is 1. The Morgan fingerprint density at radius 1 is 1.20 bits per heavy atom. The number of carbonyl (C=O) groups excluding carboxylic acids is 1. The first kappa shape index (κ1) is 17.6. The maximum Gasteiger partial charge on any atom is 0.419 e. The molecular weight excluding hydrogens is 363 g/mol. The molecule has 2 aromatic carbocycles. The molecule has 130 valence electrons. The van der Waals surface area contributed by atoms with Crippen molar-refractivity contribution >= 4 is 40.2 Å². The Morgan fingerprint density at radius 3 is 2.72 bits per heavy atom. The number of nitrogens with zero attached hydrogens (tertiary/aromatic N) is 1. The van der Waals surface area contributed by atoms with E-state index in [0.29, 0.717) is 21.1 Å². The molecule has 5 nitrogen and oxygen atoms in total. The molecule has 3 rings (SSSR count). The summed E-state index contributed by atoms with van der Waals surface area (Å²) in [6, 6.07) is 12.1. The van der Waals surface area contributed by atoms with Crippen molar-refractivity contribution in [1.29, 1.82) is 0 Å². The minimum Gasteiger partial charge on any atom is -0.408 e. The summed E-state index contributed by atoms with van der Waals surface area (Å²) in [4.78, 5) is 24.1. The number of oxazole rings is 1. The standard InChI is InChI=1S/C18H16Cl2N2O3/c1-11(12-3-2-4-13(19)9-12)21-17(23)7-8-22-15-6-5-14(20)10-16(15)25-18(22)24/h2-6,9-11H,7-8H2,1H3,(H,21,23)/t11-/m1/s1. The van der Waals surface area contributed by atoms with Gasteiger partial charge < -0.3 is 9.73 Å². The van der Waals surface area contributed by atoms with Crippen LogP contribution in [0.15, 0.2) is 51.7 Å². The summed E-state index contributed by atoms with van der Waals surface area (Å²) < 4.78 is 6.58. The highest BCUT2D eigenvalue weighted by molar-refractivity contribution is 6.31. The Labute approximate surface area is 154 Å². The van der Waals surface area contributed by atoms with E-state index in [1.165, 1.54) is 4.57 Å². The van der Waals surface area contributed by atoms with Gasteiger partial charge in [0.2, 0.25) is 5.91 Å². The zero-order valence-electron chi connectivity index (χ0n) is 13.5. The number of hydrogen-bond acceptors (Lipinski definition) is 3. The average molecular weight is 379 g/mol. The van der Waals surface area contributed by atoms with Crippen molar-refractivity contribution in [2.24, 2.45) is 0 Å². The SMILES string of the molecule is C[C@@H](NC(=O)CCn1c(=O)oc2cc(Cl)ccc21)c1cccc(Cl)c1. The molecule has 0 unspecified atom stereocenters. The van der Waals surface area contributed by atoms with Gasteiger partial charge in [-0.25, -0.2) is 4.79 Å². The number of halogens is 2. The zero-order valence-corrected chi connectivity index (χ0v) is 15.0. The van der Waals surface area contributed by atoms with E-state index in [1.807, 2.05) is 25.1 Å². The lowest BCUT2D eigenvalue weighted by atomic mass is 10.1. The normalized spacial score (nSPS) is 12.3. The van der Waals surface area contributed by atoms with Crippen LogP contribution in [0.1, 0.15) is 24.9 Å². The average Bonchev–Trinajstić information content (AvgIpc) is 2.87. The van der Waals surface area contributed by atoms with Gasteiger partial charge in [0.25, 0.3) is 0 Å². The molecular formula is C18H16Cl2N2O3. The third-order valence-corrected chi connectivity index (χ3v) is 4.39. The minimum absolute atomic E-state index is 0.155. The van der Waals surface area contributed by atoms with Crippen molar-refractivity contribution in [3.8, 4) is 0 Å².